The maximum Gasteiger partial charge on any atom is 0.0645 e. The highest BCUT2D eigenvalue weighted by molar-refractivity contribution is 5.11. The Bertz CT molecular complexity index is 1210. The molecule has 4 N–H and O–H groups in total. The molecule has 12 fully saturated rings. The quantitative estimate of drug-likeness (QED) is 0.215. The summed E-state index contributed by atoms with van der Waals surface area (Å²) >= 11 is 0. The number of nitrogens with zero attached hydrogens (tertiary/aromatic N) is 2. The van der Waals surface area contributed by atoms with Crippen molar-refractivity contribution in [2.75, 3.05) is 26.2 Å². The summed E-state index contributed by atoms with van der Waals surface area (Å²) in [5.74, 6) is 13.3. The first-order valence-electron chi connectivity index (χ1n) is 27.3. The first kappa shape index (κ1) is 39.4. The zero-order valence-corrected chi connectivity index (χ0v) is 37.1. The zero-order chi connectivity index (χ0) is 38.2. The molecule has 0 aromatic heterocycles. The third-order valence-electron chi connectivity index (χ3n) is 21.9. The Morgan fingerprint density at radius 1 is 0.241 bits per heavy atom. The summed E-state index contributed by atoms with van der Waals surface area (Å²) in [6, 6.07) is 1.58. The second-order valence-electron chi connectivity index (χ2n) is 23.9. The highest BCUT2D eigenvalue weighted by atomic mass is 15.4. The number of rotatable bonds is 6. The van der Waals surface area contributed by atoms with Gasteiger partial charge in [-0.25, -0.2) is 0 Å². The van der Waals surface area contributed by atoms with Gasteiger partial charge >= 0.3 is 0 Å². The highest BCUT2D eigenvalue weighted by Gasteiger charge is 2.60. The van der Waals surface area contributed by atoms with Gasteiger partial charge in [-0.3, -0.25) is 9.80 Å². The first-order valence-corrected chi connectivity index (χ1v) is 27.3. The van der Waals surface area contributed by atoms with Gasteiger partial charge < -0.3 is 21.3 Å². The van der Waals surface area contributed by atoms with Crippen molar-refractivity contribution < 1.29 is 0 Å². The normalized spacial score (nSPS) is 53.1. The third kappa shape index (κ3) is 6.89. The first-order chi connectivity index (χ1) is 28.8. The van der Waals surface area contributed by atoms with Gasteiger partial charge in [0, 0.05) is 12.1 Å². The van der Waals surface area contributed by atoms with Gasteiger partial charge in [0.15, 0.2) is 0 Å². The van der Waals surface area contributed by atoms with Gasteiger partial charge in [0.2, 0.25) is 0 Å². The molecular formula is C52H88N6. The fourth-order valence-electron chi connectivity index (χ4n) is 19.8. The fourth-order valence-corrected chi connectivity index (χ4v) is 19.8. The van der Waals surface area contributed by atoms with E-state index in [2.05, 4.69) is 31.1 Å². The molecule has 8 aliphatic carbocycles. The molecule has 0 amide bonds. The summed E-state index contributed by atoms with van der Waals surface area (Å²) in [4.78, 5) is 6.73. The Hall–Kier alpha value is -0.240. The molecule has 20 unspecified atom stereocenters. The lowest BCUT2D eigenvalue weighted by molar-refractivity contribution is -0.173. The average Bonchev–Trinajstić information content (AvgIpc) is 3.29. The largest absolute Gasteiger partial charge is 0.301 e. The lowest BCUT2D eigenvalue weighted by Crippen LogP contribution is -2.72. The minimum atomic E-state index is 0.618. The molecule has 6 nitrogen and oxygen atoms in total. The third-order valence-corrected chi connectivity index (χ3v) is 21.9. The molecule has 0 radical (unpaired) electrons. The van der Waals surface area contributed by atoms with Crippen LogP contribution < -0.4 is 21.3 Å². The van der Waals surface area contributed by atoms with Gasteiger partial charge in [0.1, 0.15) is 0 Å². The molecule has 0 spiro atoms. The van der Waals surface area contributed by atoms with Crippen LogP contribution in [0.4, 0.5) is 0 Å². The van der Waals surface area contributed by atoms with Crippen LogP contribution in [0.5, 0.6) is 0 Å². The predicted molar refractivity (Wildman–Crippen MR) is 237 cm³/mol. The van der Waals surface area contributed by atoms with E-state index < -0.39 is 0 Å². The Balaban J connectivity index is 0.890. The second kappa shape index (κ2) is 17.0. The van der Waals surface area contributed by atoms with Gasteiger partial charge in [0.25, 0.3) is 0 Å². The fraction of sp³-hybridized carbons (Fsp3) is 1.00. The van der Waals surface area contributed by atoms with E-state index in [1.807, 2.05) is 0 Å². The van der Waals surface area contributed by atoms with Gasteiger partial charge in [-0.05, 0) is 212 Å². The molecule has 20 atom stereocenters. The van der Waals surface area contributed by atoms with Crippen LogP contribution in [0.3, 0.4) is 0 Å². The zero-order valence-electron chi connectivity index (χ0n) is 37.1. The molecule has 0 bridgehead atoms. The molecule has 8 saturated carbocycles. The van der Waals surface area contributed by atoms with Crippen molar-refractivity contribution in [1.29, 1.82) is 0 Å². The van der Waals surface area contributed by atoms with E-state index >= 15 is 0 Å². The molecule has 4 aliphatic heterocycles. The van der Waals surface area contributed by atoms with Crippen LogP contribution in [0.1, 0.15) is 180 Å². The van der Waals surface area contributed by atoms with Crippen molar-refractivity contribution in [2.24, 2.45) is 82.9 Å². The maximum absolute atomic E-state index is 4.40. The number of hydrogen-bond donors (Lipinski definition) is 4. The topological polar surface area (TPSA) is 54.6 Å². The molecule has 58 heavy (non-hydrogen) atoms. The minimum Gasteiger partial charge on any atom is -0.301 e. The molecule has 12 aliphatic rings. The van der Waals surface area contributed by atoms with Crippen LogP contribution in [0.25, 0.3) is 0 Å². The molecular weight excluding hydrogens is 709 g/mol. The van der Waals surface area contributed by atoms with Crippen LogP contribution in [0.2, 0.25) is 0 Å². The van der Waals surface area contributed by atoms with Crippen LogP contribution in [0, 0.1) is 82.9 Å². The maximum atomic E-state index is 4.40. The molecule has 4 saturated heterocycles. The van der Waals surface area contributed by atoms with Crippen molar-refractivity contribution in [1.82, 2.24) is 31.1 Å². The van der Waals surface area contributed by atoms with Crippen molar-refractivity contribution in [3.63, 3.8) is 0 Å². The van der Waals surface area contributed by atoms with Gasteiger partial charge in [0.05, 0.1) is 24.7 Å². The Morgan fingerprint density at radius 3 is 0.862 bits per heavy atom. The Morgan fingerprint density at radius 2 is 0.534 bits per heavy atom. The second-order valence-corrected chi connectivity index (χ2v) is 23.9. The monoisotopic (exact) mass is 797 g/mol. The van der Waals surface area contributed by atoms with Crippen LogP contribution in [-0.4, -0.2) is 72.7 Å². The number of nitrogens with one attached hydrogen (secondary N) is 4. The smallest absolute Gasteiger partial charge is 0.0645 e. The van der Waals surface area contributed by atoms with E-state index in [-0.39, 0.29) is 0 Å². The van der Waals surface area contributed by atoms with Crippen molar-refractivity contribution in [3.05, 3.63) is 0 Å². The molecule has 12 rings (SSSR count). The Labute approximate surface area is 355 Å². The molecule has 326 valence electrons. The summed E-state index contributed by atoms with van der Waals surface area (Å²) in [6.45, 7) is 5.08. The Kier molecular flexibility index (Phi) is 11.6. The minimum absolute atomic E-state index is 0.618. The molecule has 6 heteroatoms. The lowest BCUT2D eigenvalue weighted by atomic mass is 9.46. The van der Waals surface area contributed by atoms with E-state index in [0.717, 1.165) is 94.9 Å². The number of hydrogen-bond acceptors (Lipinski definition) is 6. The summed E-state index contributed by atoms with van der Waals surface area (Å²) in [6.07, 6.45) is 44.4. The van der Waals surface area contributed by atoms with Crippen LogP contribution in [-0.2, 0) is 0 Å². The summed E-state index contributed by atoms with van der Waals surface area (Å²) in [7, 11) is 0. The van der Waals surface area contributed by atoms with Crippen molar-refractivity contribution in [3.8, 4) is 0 Å². The van der Waals surface area contributed by atoms with E-state index in [1.165, 1.54) is 180 Å². The van der Waals surface area contributed by atoms with E-state index in [9.17, 15) is 0 Å². The van der Waals surface area contributed by atoms with E-state index in [1.54, 1.807) is 25.7 Å². The van der Waals surface area contributed by atoms with E-state index in [4.69, 9.17) is 0 Å². The average molecular weight is 797 g/mol. The van der Waals surface area contributed by atoms with Crippen LogP contribution in [0.15, 0.2) is 0 Å². The molecule has 0 aromatic carbocycles. The van der Waals surface area contributed by atoms with Gasteiger partial charge in [-0.15, -0.1) is 0 Å². The summed E-state index contributed by atoms with van der Waals surface area (Å²) < 4.78 is 0. The van der Waals surface area contributed by atoms with Crippen LogP contribution >= 0.6 is 0 Å². The van der Waals surface area contributed by atoms with Crippen molar-refractivity contribution >= 4 is 0 Å². The summed E-state index contributed by atoms with van der Waals surface area (Å²) in [5.41, 5.74) is 0. The number of fused-ring (bicyclic) bond motifs is 4. The van der Waals surface area contributed by atoms with Gasteiger partial charge in [-0.2, -0.15) is 0 Å². The number of piperidine rings is 4. The van der Waals surface area contributed by atoms with Crippen molar-refractivity contribution in [2.45, 2.75) is 217 Å². The lowest BCUT2D eigenvalue weighted by Gasteiger charge is -2.66. The molecule has 0 aromatic rings. The predicted octanol–water partition coefficient (Wildman–Crippen LogP) is 9.70. The highest BCUT2D eigenvalue weighted by Crippen LogP contribution is 2.62. The van der Waals surface area contributed by atoms with E-state index in [0.29, 0.717) is 24.7 Å². The standard InChI is InChI=1S/C52H88N6/c1-5-13-39-33(9-1)25-29-53-49(39)57(50-40-14-6-2-10-34(40)26-30-54-50)45-23-19-37-18-22-44-46(24-20-38-17-21-43(45)47(37)48(38)44)58(51-41-15-7-3-11-35(41)27-31-55-51)52-42-16-8-4-12-36(42)28-32-56-52/h33-56H,1-32H2. The SMILES string of the molecule is C1CCC2C(C1)CCNC2N(C1CCC2CCC3C4C(CCC1C24)CCC3N(C1NCCC2CCCCC21)C1NCCC2CCCCC21)C1NCCC2CCCCC21. The van der Waals surface area contributed by atoms with Gasteiger partial charge in [-0.1, -0.05) is 77.0 Å². The molecule has 4 heterocycles. The summed E-state index contributed by atoms with van der Waals surface area (Å²) in [5, 5.41) is 17.6.